The molecule has 0 bridgehead atoms. The Labute approximate surface area is 168 Å². The molecular formula is C20H21ClN4O3. The Morgan fingerprint density at radius 3 is 2.43 bits per heavy atom. The first kappa shape index (κ1) is 19.7. The number of nitrogens with zero attached hydrogens (tertiary/aromatic N) is 1. The number of carbonyl (C=O) groups excluding carboxylic acids is 3. The van der Waals surface area contributed by atoms with Crippen LogP contribution in [0.3, 0.4) is 0 Å². The lowest BCUT2D eigenvalue weighted by atomic mass is 9.93. The summed E-state index contributed by atoms with van der Waals surface area (Å²) in [4.78, 5) is 39.0. The van der Waals surface area contributed by atoms with Gasteiger partial charge >= 0.3 is 6.03 Å². The van der Waals surface area contributed by atoms with Gasteiger partial charge in [-0.25, -0.2) is 10.2 Å². The molecule has 0 aromatic heterocycles. The van der Waals surface area contributed by atoms with Crippen molar-refractivity contribution in [3.05, 3.63) is 70.2 Å². The highest BCUT2D eigenvalue weighted by Crippen LogP contribution is 2.27. The fourth-order valence-electron chi connectivity index (χ4n) is 3.17. The number of amides is 4. The quantitative estimate of drug-likeness (QED) is 0.690. The van der Waals surface area contributed by atoms with Gasteiger partial charge in [0.15, 0.2) is 0 Å². The number of carbonyl (C=O) groups is 3. The van der Waals surface area contributed by atoms with E-state index in [1.807, 2.05) is 24.3 Å². The van der Waals surface area contributed by atoms with Crippen molar-refractivity contribution in [2.24, 2.45) is 0 Å². The third-order valence-corrected chi connectivity index (χ3v) is 4.88. The van der Waals surface area contributed by atoms with Gasteiger partial charge in [-0.1, -0.05) is 48.0 Å². The number of fused-ring (bicyclic) bond motifs is 1. The van der Waals surface area contributed by atoms with Crippen LogP contribution < -0.4 is 16.2 Å². The average Bonchev–Trinajstić information content (AvgIpc) is 2.71. The molecule has 1 aliphatic rings. The molecule has 3 rings (SSSR count). The van der Waals surface area contributed by atoms with E-state index in [0.717, 1.165) is 11.1 Å². The molecule has 28 heavy (non-hydrogen) atoms. The summed E-state index contributed by atoms with van der Waals surface area (Å²) in [5, 5.41) is 2.85. The summed E-state index contributed by atoms with van der Waals surface area (Å²) in [6.45, 7) is 2.47. The molecule has 0 saturated heterocycles. The van der Waals surface area contributed by atoms with E-state index < -0.39 is 18.0 Å². The van der Waals surface area contributed by atoms with Gasteiger partial charge in [0.25, 0.3) is 11.8 Å². The molecule has 1 heterocycles. The van der Waals surface area contributed by atoms with E-state index in [1.54, 1.807) is 31.2 Å². The van der Waals surface area contributed by atoms with Crippen LogP contribution in [-0.4, -0.2) is 35.3 Å². The smallest absolute Gasteiger partial charge is 0.333 e. The van der Waals surface area contributed by atoms with Crippen LogP contribution in [0.15, 0.2) is 48.5 Å². The Balaban J connectivity index is 1.86. The Bertz CT molecular complexity index is 903. The van der Waals surface area contributed by atoms with E-state index in [-0.39, 0.29) is 12.5 Å². The number of hydrogen-bond donors (Lipinski definition) is 3. The summed E-state index contributed by atoms with van der Waals surface area (Å²) in [6, 6.07) is 13.1. The van der Waals surface area contributed by atoms with Crippen molar-refractivity contribution in [3.8, 4) is 0 Å². The molecule has 2 aromatic carbocycles. The fraction of sp³-hybridized carbons (Fsp3) is 0.250. The van der Waals surface area contributed by atoms with Crippen molar-refractivity contribution in [1.29, 1.82) is 0 Å². The van der Waals surface area contributed by atoms with Crippen molar-refractivity contribution in [1.82, 2.24) is 21.1 Å². The van der Waals surface area contributed by atoms with Gasteiger partial charge in [0, 0.05) is 19.5 Å². The molecule has 0 spiro atoms. The summed E-state index contributed by atoms with van der Waals surface area (Å²) in [7, 11) is 0. The van der Waals surface area contributed by atoms with Gasteiger partial charge in [-0.2, -0.15) is 0 Å². The van der Waals surface area contributed by atoms with E-state index in [4.69, 9.17) is 11.6 Å². The monoisotopic (exact) mass is 400 g/mol. The normalized spacial score (nSPS) is 15.4. The second-order valence-corrected chi connectivity index (χ2v) is 6.78. The van der Waals surface area contributed by atoms with E-state index in [0.29, 0.717) is 23.6 Å². The number of halogens is 1. The summed E-state index contributed by atoms with van der Waals surface area (Å²) in [5.74, 6) is -0.806. The molecule has 1 aliphatic heterocycles. The van der Waals surface area contributed by atoms with Crippen LogP contribution in [0.4, 0.5) is 4.79 Å². The van der Waals surface area contributed by atoms with Crippen LogP contribution in [0.2, 0.25) is 5.02 Å². The van der Waals surface area contributed by atoms with Crippen molar-refractivity contribution < 1.29 is 14.4 Å². The predicted molar refractivity (Wildman–Crippen MR) is 106 cm³/mol. The van der Waals surface area contributed by atoms with Gasteiger partial charge < -0.3 is 10.2 Å². The molecule has 1 atom stereocenters. The zero-order valence-electron chi connectivity index (χ0n) is 15.4. The summed E-state index contributed by atoms with van der Waals surface area (Å²) >= 11 is 6.19. The SMILES string of the molecule is CCNC(=O)NNC(=O)C1Cc2ccccc2CN1C(=O)c1ccccc1Cl. The first-order valence-corrected chi connectivity index (χ1v) is 9.35. The molecule has 4 amide bonds. The molecule has 7 nitrogen and oxygen atoms in total. The molecular weight excluding hydrogens is 380 g/mol. The number of hydrogen-bond acceptors (Lipinski definition) is 3. The zero-order valence-corrected chi connectivity index (χ0v) is 16.1. The van der Waals surface area contributed by atoms with Crippen LogP contribution in [0.5, 0.6) is 0 Å². The van der Waals surface area contributed by atoms with E-state index >= 15 is 0 Å². The molecule has 146 valence electrons. The molecule has 3 N–H and O–H groups in total. The highest BCUT2D eigenvalue weighted by Gasteiger charge is 2.35. The molecule has 0 saturated carbocycles. The number of rotatable bonds is 3. The minimum atomic E-state index is -0.777. The third-order valence-electron chi connectivity index (χ3n) is 4.55. The molecule has 1 unspecified atom stereocenters. The number of urea groups is 1. The van der Waals surface area contributed by atoms with Crippen molar-refractivity contribution >= 4 is 29.4 Å². The van der Waals surface area contributed by atoms with Gasteiger partial charge in [-0.3, -0.25) is 15.0 Å². The second-order valence-electron chi connectivity index (χ2n) is 6.38. The number of hydrazine groups is 1. The average molecular weight is 401 g/mol. The van der Waals surface area contributed by atoms with Crippen LogP contribution in [0.25, 0.3) is 0 Å². The first-order valence-electron chi connectivity index (χ1n) is 8.97. The van der Waals surface area contributed by atoms with Gasteiger partial charge in [0.2, 0.25) is 0 Å². The third kappa shape index (κ3) is 4.26. The number of benzene rings is 2. The van der Waals surface area contributed by atoms with Gasteiger partial charge in [-0.15, -0.1) is 0 Å². The molecule has 2 aromatic rings. The zero-order chi connectivity index (χ0) is 20.1. The topological polar surface area (TPSA) is 90.5 Å². The maximum atomic E-state index is 13.1. The summed E-state index contributed by atoms with van der Waals surface area (Å²) in [6.07, 6.45) is 0.343. The maximum Gasteiger partial charge on any atom is 0.333 e. The molecule has 8 heteroatoms. The van der Waals surface area contributed by atoms with Crippen molar-refractivity contribution in [2.45, 2.75) is 25.9 Å². The van der Waals surface area contributed by atoms with Gasteiger partial charge in [0.1, 0.15) is 6.04 Å². The molecule has 0 aliphatic carbocycles. The largest absolute Gasteiger partial charge is 0.337 e. The highest BCUT2D eigenvalue weighted by molar-refractivity contribution is 6.33. The summed E-state index contributed by atoms with van der Waals surface area (Å²) in [5.41, 5.74) is 6.99. The highest BCUT2D eigenvalue weighted by atomic mass is 35.5. The van der Waals surface area contributed by atoms with Gasteiger partial charge in [-0.05, 0) is 30.2 Å². The van der Waals surface area contributed by atoms with Crippen molar-refractivity contribution in [2.75, 3.05) is 6.54 Å². The lowest BCUT2D eigenvalue weighted by Crippen LogP contribution is -2.57. The standard InChI is InChI=1S/C20H21ClN4O3/c1-2-22-20(28)24-23-18(26)17-11-13-7-3-4-8-14(13)12-25(17)19(27)15-9-5-6-10-16(15)21/h3-10,17H,2,11-12H2,1H3,(H,23,26)(H2,22,24,28). The van der Waals surface area contributed by atoms with Crippen LogP contribution in [0.1, 0.15) is 28.4 Å². The predicted octanol–water partition coefficient (Wildman–Crippen LogP) is 2.26. The lowest BCUT2D eigenvalue weighted by molar-refractivity contribution is -0.126. The second kappa shape index (κ2) is 8.75. The van der Waals surface area contributed by atoms with Crippen molar-refractivity contribution in [3.63, 3.8) is 0 Å². The summed E-state index contributed by atoms with van der Waals surface area (Å²) < 4.78 is 0. The fourth-order valence-corrected chi connectivity index (χ4v) is 3.38. The molecule has 0 fully saturated rings. The van der Waals surface area contributed by atoms with Crippen LogP contribution in [0, 0.1) is 0 Å². The Hall–Kier alpha value is -3.06. The van der Waals surface area contributed by atoms with Gasteiger partial charge in [0.05, 0.1) is 10.6 Å². The van der Waals surface area contributed by atoms with E-state index in [9.17, 15) is 14.4 Å². The minimum absolute atomic E-state index is 0.277. The van der Waals surface area contributed by atoms with E-state index in [2.05, 4.69) is 16.2 Å². The molecule has 0 radical (unpaired) electrons. The Morgan fingerprint density at radius 2 is 1.71 bits per heavy atom. The minimum Gasteiger partial charge on any atom is -0.337 e. The lowest BCUT2D eigenvalue weighted by Gasteiger charge is -2.36. The first-order chi connectivity index (χ1) is 13.5. The maximum absolute atomic E-state index is 13.1. The Morgan fingerprint density at radius 1 is 1.04 bits per heavy atom. The van der Waals surface area contributed by atoms with E-state index in [1.165, 1.54) is 4.90 Å². The van der Waals surface area contributed by atoms with Crippen LogP contribution >= 0.6 is 11.6 Å². The Kier molecular flexibility index (Phi) is 6.16. The van der Waals surface area contributed by atoms with Crippen LogP contribution in [-0.2, 0) is 17.8 Å². The number of nitrogens with one attached hydrogen (secondary N) is 3.